The Balaban J connectivity index is 1.80. The van der Waals surface area contributed by atoms with Crippen LogP contribution >= 0.6 is 0 Å². The summed E-state index contributed by atoms with van der Waals surface area (Å²) in [6.07, 6.45) is 6.31. The van der Waals surface area contributed by atoms with Gasteiger partial charge in [0.1, 0.15) is 12.1 Å². The van der Waals surface area contributed by atoms with Crippen LogP contribution in [0, 0.1) is 0 Å². The molecule has 0 bridgehead atoms. The smallest absolute Gasteiger partial charge is 0.256 e. The van der Waals surface area contributed by atoms with Crippen molar-refractivity contribution in [1.29, 1.82) is 0 Å². The summed E-state index contributed by atoms with van der Waals surface area (Å²) in [5.74, 6) is -0.608. The molecule has 5 heteroatoms. The maximum absolute atomic E-state index is 13.1. The Bertz CT molecular complexity index is 610. The van der Waals surface area contributed by atoms with E-state index in [4.69, 9.17) is 10.5 Å². The number of carbonyl (C=O) groups is 2. The first-order chi connectivity index (χ1) is 11.6. The van der Waals surface area contributed by atoms with Crippen LogP contribution in [0.15, 0.2) is 24.3 Å². The van der Waals surface area contributed by atoms with Crippen molar-refractivity contribution in [3.8, 4) is 0 Å². The van der Waals surface area contributed by atoms with Gasteiger partial charge in [-0.1, -0.05) is 44.4 Å². The molecule has 1 heterocycles. The van der Waals surface area contributed by atoms with Gasteiger partial charge in [-0.15, -0.1) is 0 Å². The van der Waals surface area contributed by atoms with Crippen LogP contribution in [0.25, 0.3) is 0 Å². The monoisotopic (exact) mass is 330 g/mol. The summed E-state index contributed by atoms with van der Waals surface area (Å²) in [5, 5.41) is 0. The SMILES string of the molecule is CC[C@H](OC1CCCCC1)C(=O)N1c2ccccc2C[C@H]1C(N)=O. The van der Waals surface area contributed by atoms with Crippen molar-refractivity contribution in [2.45, 2.75) is 70.1 Å². The van der Waals surface area contributed by atoms with Gasteiger partial charge in [0.05, 0.1) is 6.10 Å². The van der Waals surface area contributed by atoms with Crippen LogP contribution in [0.3, 0.4) is 0 Å². The van der Waals surface area contributed by atoms with Crippen molar-refractivity contribution < 1.29 is 14.3 Å². The predicted molar refractivity (Wildman–Crippen MR) is 92.7 cm³/mol. The number of fused-ring (bicyclic) bond motifs is 1. The minimum absolute atomic E-state index is 0.142. The first-order valence-corrected chi connectivity index (χ1v) is 8.97. The molecule has 130 valence electrons. The van der Waals surface area contributed by atoms with Crippen molar-refractivity contribution >= 4 is 17.5 Å². The number of hydrogen-bond acceptors (Lipinski definition) is 3. The Hall–Kier alpha value is -1.88. The summed E-state index contributed by atoms with van der Waals surface area (Å²) in [6, 6.07) is 7.01. The second-order valence-electron chi connectivity index (χ2n) is 6.75. The molecule has 1 aliphatic carbocycles. The number of nitrogens with zero attached hydrogens (tertiary/aromatic N) is 1. The van der Waals surface area contributed by atoms with Crippen molar-refractivity contribution in [2.24, 2.45) is 5.73 Å². The van der Waals surface area contributed by atoms with Crippen molar-refractivity contribution in [3.63, 3.8) is 0 Å². The number of benzene rings is 1. The molecule has 0 saturated heterocycles. The fourth-order valence-corrected chi connectivity index (χ4v) is 3.80. The average molecular weight is 330 g/mol. The summed E-state index contributed by atoms with van der Waals surface area (Å²) >= 11 is 0. The first-order valence-electron chi connectivity index (χ1n) is 8.97. The van der Waals surface area contributed by atoms with E-state index in [1.807, 2.05) is 31.2 Å². The van der Waals surface area contributed by atoms with Crippen LogP contribution in [0.2, 0.25) is 0 Å². The zero-order chi connectivity index (χ0) is 17.1. The van der Waals surface area contributed by atoms with Crippen LogP contribution in [0.5, 0.6) is 0 Å². The van der Waals surface area contributed by atoms with Gasteiger partial charge in [0.15, 0.2) is 0 Å². The summed E-state index contributed by atoms with van der Waals surface area (Å²) in [7, 11) is 0. The fourth-order valence-electron chi connectivity index (χ4n) is 3.80. The lowest BCUT2D eigenvalue weighted by atomic mass is 9.97. The van der Waals surface area contributed by atoms with E-state index in [1.54, 1.807) is 4.90 Å². The van der Waals surface area contributed by atoms with Gasteiger partial charge < -0.3 is 10.5 Å². The number of para-hydroxylation sites is 1. The summed E-state index contributed by atoms with van der Waals surface area (Å²) in [4.78, 5) is 26.6. The van der Waals surface area contributed by atoms with E-state index in [0.29, 0.717) is 12.8 Å². The molecular weight excluding hydrogens is 304 g/mol. The van der Waals surface area contributed by atoms with E-state index >= 15 is 0 Å². The van der Waals surface area contributed by atoms with E-state index in [9.17, 15) is 9.59 Å². The topological polar surface area (TPSA) is 72.6 Å². The van der Waals surface area contributed by atoms with Gasteiger partial charge >= 0.3 is 0 Å². The molecule has 0 radical (unpaired) electrons. The van der Waals surface area contributed by atoms with E-state index in [1.165, 1.54) is 6.42 Å². The van der Waals surface area contributed by atoms with Gasteiger partial charge in [-0.05, 0) is 30.9 Å². The van der Waals surface area contributed by atoms with Gasteiger partial charge in [-0.2, -0.15) is 0 Å². The van der Waals surface area contributed by atoms with Crippen LogP contribution in [-0.2, 0) is 20.7 Å². The normalized spacial score (nSPS) is 22.2. The van der Waals surface area contributed by atoms with Crippen LogP contribution in [-0.4, -0.2) is 30.1 Å². The average Bonchev–Trinajstić information content (AvgIpc) is 3.00. The zero-order valence-electron chi connectivity index (χ0n) is 14.2. The lowest BCUT2D eigenvalue weighted by Crippen LogP contribution is -2.50. The van der Waals surface area contributed by atoms with Gasteiger partial charge in [0.25, 0.3) is 5.91 Å². The second-order valence-corrected chi connectivity index (χ2v) is 6.75. The first kappa shape index (κ1) is 17.0. The highest BCUT2D eigenvalue weighted by Gasteiger charge is 2.40. The molecule has 3 rings (SSSR count). The van der Waals surface area contributed by atoms with E-state index in [-0.39, 0.29) is 12.0 Å². The maximum atomic E-state index is 13.1. The summed E-state index contributed by atoms with van der Waals surface area (Å²) < 4.78 is 6.11. The largest absolute Gasteiger partial charge is 0.368 e. The number of anilines is 1. The van der Waals surface area contributed by atoms with Crippen LogP contribution < -0.4 is 10.6 Å². The third-order valence-electron chi connectivity index (χ3n) is 5.10. The Morgan fingerprint density at radius 3 is 2.62 bits per heavy atom. The minimum atomic E-state index is -0.612. The number of amides is 2. The van der Waals surface area contributed by atoms with E-state index < -0.39 is 18.1 Å². The highest BCUT2D eigenvalue weighted by molar-refractivity contribution is 6.05. The highest BCUT2D eigenvalue weighted by Crippen LogP contribution is 2.33. The molecule has 1 aliphatic heterocycles. The van der Waals surface area contributed by atoms with Gasteiger partial charge in [-0.25, -0.2) is 0 Å². The number of ether oxygens (including phenoxy) is 1. The molecule has 2 aliphatic rings. The fraction of sp³-hybridized carbons (Fsp3) is 0.579. The lowest BCUT2D eigenvalue weighted by Gasteiger charge is -2.31. The minimum Gasteiger partial charge on any atom is -0.368 e. The molecule has 2 amide bonds. The third-order valence-corrected chi connectivity index (χ3v) is 5.10. The Morgan fingerprint density at radius 1 is 1.25 bits per heavy atom. The summed E-state index contributed by atoms with van der Waals surface area (Å²) in [5.41, 5.74) is 7.33. The number of carbonyl (C=O) groups excluding carboxylic acids is 2. The number of rotatable bonds is 5. The van der Waals surface area contributed by atoms with Crippen molar-refractivity contribution in [2.75, 3.05) is 4.90 Å². The molecule has 0 unspecified atom stereocenters. The Labute approximate surface area is 143 Å². The standard InChI is InChI=1S/C19H26N2O3/c1-2-17(24-14-9-4-3-5-10-14)19(23)21-15-11-7-6-8-13(15)12-16(21)18(20)22/h6-8,11,14,16-17H,2-5,9-10,12H2,1H3,(H2,20,22)/t16-,17-/m0/s1. The molecular formula is C19H26N2O3. The Kier molecular flexibility index (Phi) is 5.19. The second kappa shape index (κ2) is 7.34. The van der Waals surface area contributed by atoms with Gasteiger partial charge in [-0.3, -0.25) is 14.5 Å². The molecule has 24 heavy (non-hydrogen) atoms. The number of primary amides is 1. The van der Waals surface area contributed by atoms with Crippen molar-refractivity contribution in [1.82, 2.24) is 0 Å². The third kappa shape index (κ3) is 3.31. The van der Waals surface area contributed by atoms with Crippen LogP contribution in [0.1, 0.15) is 51.0 Å². The molecule has 0 spiro atoms. The van der Waals surface area contributed by atoms with Crippen LogP contribution in [0.4, 0.5) is 5.69 Å². The number of hydrogen-bond donors (Lipinski definition) is 1. The lowest BCUT2D eigenvalue weighted by molar-refractivity contribution is -0.137. The zero-order valence-corrected chi connectivity index (χ0v) is 14.2. The molecule has 1 fully saturated rings. The van der Waals surface area contributed by atoms with E-state index in [0.717, 1.165) is 36.9 Å². The molecule has 2 N–H and O–H groups in total. The molecule has 0 aromatic heterocycles. The molecule has 2 atom stereocenters. The summed E-state index contributed by atoms with van der Waals surface area (Å²) in [6.45, 7) is 1.95. The molecule has 5 nitrogen and oxygen atoms in total. The van der Waals surface area contributed by atoms with Crippen molar-refractivity contribution in [3.05, 3.63) is 29.8 Å². The quantitative estimate of drug-likeness (QED) is 0.902. The van der Waals surface area contributed by atoms with E-state index in [2.05, 4.69) is 0 Å². The Morgan fingerprint density at radius 2 is 1.96 bits per heavy atom. The predicted octanol–water partition coefficient (Wildman–Crippen LogP) is 2.56. The molecule has 1 aromatic carbocycles. The van der Waals surface area contributed by atoms with Gasteiger partial charge in [0.2, 0.25) is 5.91 Å². The highest BCUT2D eigenvalue weighted by atomic mass is 16.5. The van der Waals surface area contributed by atoms with Gasteiger partial charge in [0, 0.05) is 12.1 Å². The molecule has 1 aromatic rings. The molecule has 1 saturated carbocycles. The number of nitrogens with two attached hydrogens (primary N) is 1. The maximum Gasteiger partial charge on any atom is 0.256 e.